The molecule has 0 aromatic carbocycles. The van der Waals surface area contributed by atoms with Gasteiger partial charge in [-0.1, -0.05) is 130 Å². The number of carbonyl (C=O) groups is 3. The van der Waals surface area contributed by atoms with E-state index in [9.17, 15) is 14.4 Å². The molecule has 1 aromatic rings. The molecule has 310 valence electrons. The highest BCUT2D eigenvalue weighted by molar-refractivity contribution is 6.48. The van der Waals surface area contributed by atoms with Crippen LogP contribution in [0, 0.1) is 46.3 Å². The molecule has 1 fully saturated rings. The normalized spacial score (nSPS) is 22.5. The Bertz CT molecular complexity index is 1550. The van der Waals surface area contributed by atoms with Crippen molar-refractivity contribution in [1.82, 2.24) is 10.3 Å². The van der Waals surface area contributed by atoms with Crippen LogP contribution < -0.4 is 10.6 Å². The molecule has 1 aliphatic carbocycles. The van der Waals surface area contributed by atoms with Crippen molar-refractivity contribution in [2.75, 3.05) is 5.32 Å². The standard InChI is InChI=1S/C45H76N6O4/c1-16-20-22-29(18-3)40(52)49-38-34(42(54)55-36-31(44(10,11)12)24-28(9)25-32(36)45(13,14)15)33(26(5)6)37(47-38)48-39-35(27(7)8)46-43(50-39)51-41(53)30(19-4)23-21-17-2/h26-32,36,47H,16-25H2,1-15H3,(H,49,52)(H,48,50,51,53). The van der Waals surface area contributed by atoms with Gasteiger partial charge < -0.3 is 15.0 Å². The zero-order valence-electron chi connectivity index (χ0n) is 37.2. The Morgan fingerprint density at radius 1 is 0.800 bits per heavy atom. The summed E-state index contributed by atoms with van der Waals surface area (Å²) < 4.78 is 6.78. The number of anilines is 1. The predicted octanol–water partition coefficient (Wildman–Crippen LogP) is 11.4. The molecule has 3 N–H and O–H groups in total. The van der Waals surface area contributed by atoms with E-state index in [1.165, 1.54) is 0 Å². The van der Waals surface area contributed by atoms with E-state index in [0.717, 1.165) is 57.8 Å². The summed E-state index contributed by atoms with van der Waals surface area (Å²) in [4.78, 5) is 59.9. The molecule has 2 amide bonds. The zero-order chi connectivity index (χ0) is 41.4. The van der Waals surface area contributed by atoms with Crippen molar-refractivity contribution in [3.05, 3.63) is 11.1 Å². The van der Waals surface area contributed by atoms with E-state index in [2.05, 4.69) is 77.9 Å². The van der Waals surface area contributed by atoms with Crippen LogP contribution in [0.25, 0.3) is 0 Å². The average molecular weight is 765 g/mol. The van der Waals surface area contributed by atoms with Gasteiger partial charge in [-0.15, -0.1) is 0 Å². The summed E-state index contributed by atoms with van der Waals surface area (Å²) in [6.45, 7) is 32.1. The van der Waals surface area contributed by atoms with E-state index in [0.29, 0.717) is 46.6 Å². The lowest BCUT2D eigenvalue weighted by atomic mass is 9.59. The molecule has 0 radical (unpaired) electrons. The predicted molar refractivity (Wildman–Crippen MR) is 229 cm³/mol. The Balaban J connectivity index is 2.21. The topological polar surface area (TPSA) is 137 Å². The van der Waals surface area contributed by atoms with Crippen LogP contribution in [0.15, 0.2) is 15.0 Å². The van der Waals surface area contributed by atoms with Crippen molar-refractivity contribution in [2.45, 2.75) is 180 Å². The van der Waals surface area contributed by atoms with E-state index in [4.69, 9.17) is 19.7 Å². The second-order valence-electron chi connectivity index (χ2n) is 19.2. The minimum absolute atomic E-state index is 0.0405. The van der Waals surface area contributed by atoms with Gasteiger partial charge in [0, 0.05) is 29.2 Å². The third-order valence-electron chi connectivity index (χ3n) is 11.8. The quantitative estimate of drug-likeness (QED) is 0.144. The van der Waals surface area contributed by atoms with Crippen LogP contribution in [-0.2, 0) is 14.3 Å². The second kappa shape index (κ2) is 19.7. The fourth-order valence-corrected chi connectivity index (χ4v) is 8.37. The summed E-state index contributed by atoms with van der Waals surface area (Å²) in [6, 6.07) is 0. The molecule has 10 nitrogen and oxygen atoms in total. The van der Waals surface area contributed by atoms with Gasteiger partial charge in [0.1, 0.15) is 23.3 Å². The largest absolute Gasteiger partial charge is 0.458 e. The number of aliphatic imine (C=N–C) groups is 3. The van der Waals surface area contributed by atoms with E-state index in [1.807, 2.05) is 41.5 Å². The second-order valence-corrected chi connectivity index (χ2v) is 19.2. The fourth-order valence-electron chi connectivity index (χ4n) is 8.37. The van der Waals surface area contributed by atoms with Crippen molar-refractivity contribution in [2.24, 2.45) is 61.3 Å². The molecule has 4 unspecified atom stereocenters. The molecule has 0 spiro atoms. The smallest absolute Gasteiger partial charge is 0.342 e. The monoisotopic (exact) mass is 765 g/mol. The van der Waals surface area contributed by atoms with Crippen molar-refractivity contribution >= 4 is 46.9 Å². The molecule has 4 atom stereocenters. The Morgan fingerprint density at radius 3 is 1.75 bits per heavy atom. The summed E-state index contributed by atoms with van der Waals surface area (Å²) in [5.41, 5.74) is 1.43. The highest BCUT2D eigenvalue weighted by atomic mass is 16.5. The van der Waals surface area contributed by atoms with Crippen LogP contribution in [0.3, 0.4) is 0 Å². The molecule has 1 aromatic heterocycles. The first kappa shape index (κ1) is 46.1. The third-order valence-corrected chi connectivity index (χ3v) is 11.8. The van der Waals surface area contributed by atoms with Crippen LogP contribution >= 0.6 is 0 Å². The summed E-state index contributed by atoms with van der Waals surface area (Å²) in [6.07, 6.45) is 8.58. The molecule has 0 bridgehead atoms. The maximum atomic E-state index is 14.9. The highest BCUT2D eigenvalue weighted by Gasteiger charge is 2.48. The molecule has 2 aliphatic rings. The van der Waals surface area contributed by atoms with Gasteiger partial charge in [0.25, 0.3) is 0 Å². The van der Waals surface area contributed by atoms with Crippen LogP contribution in [0.1, 0.15) is 190 Å². The van der Waals surface area contributed by atoms with Crippen molar-refractivity contribution in [3.8, 4) is 0 Å². The number of hydrogen-bond acceptors (Lipinski definition) is 6. The number of H-pyrrole nitrogens is 1. The highest BCUT2D eigenvalue weighted by Crippen LogP contribution is 2.50. The van der Waals surface area contributed by atoms with Gasteiger partial charge in [0.15, 0.2) is 5.84 Å². The first-order valence-electron chi connectivity index (χ1n) is 21.5. The minimum Gasteiger partial charge on any atom is -0.458 e. The maximum Gasteiger partial charge on any atom is 0.342 e. The number of hydrogen-bond donors (Lipinski definition) is 3. The molecule has 2 heterocycles. The van der Waals surface area contributed by atoms with E-state index < -0.39 is 5.97 Å². The van der Waals surface area contributed by atoms with E-state index in [1.54, 1.807) is 0 Å². The molecule has 1 saturated carbocycles. The number of unbranched alkanes of at least 4 members (excludes halogenated alkanes) is 2. The lowest BCUT2D eigenvalue weighted by Gasteiger charge is -2.50. The molecule has 3 rings (SSSR count). The van der Waals surface area contributed by atoms with E-state index in [-0.39, 0.29) is 70.2 Å². The third kappa shape index (κ3) is 11.9. The van der Waals surface area contributed by atoms with Gasteiger partial charge in [-0.2, -0.15) is 4.99 Å². The van der Waals surface area contributed by atoms with Crippen LogP contribution in [0.2, 0.25) is 0 Å². The van der Waals surface area contributed by atoms with Gasteiger partial charge in [0.05, 0.1) is 5.71 Å². The van der Waals surface area contributed by atoms with Crippen LogP contribution in [-0.4, -0.2) is 46.4 Å². The number of ether oxygens (including phenoxy) is 1. The van der Waals surface area contributed by atoms with Gasteiger partial charge in [-0.3, -0.25) is 14.9 Å². The summed E-state index contributed by atoms with van der Waals surface area (Å²) in [5.74, 6) is 0.935. The number of amides is 2. The van der Waals surface area contributed by atoms with Crippen LogP contribution in [0.4, 0.5) is 11.6 Å². The van der Waals surface area contributed by atoms with E-state index >= 15 is 0 Å². The SMILES string of the molecule is CCCCC(CC)C(=O)NC1=NC(=Nc2[nH]c(NC(=O)C(CC)CCCC)c(C(=O)OC3C(C(C)(C)C)CC(C)CC3C(C)(C)C)c2C(C)C)C(C(C)C)=N1. The summed E-state index contributed by atoms with van der Waals surface area (Å²) in [7, 11) is 0. The van der Waals surface area contributed by atoms with Crippen LogP contribution in [0.5, 0.6) is 0 Å². The number of esters is 1. The summed E-state index contributed by atoms with van der Waals surface area (Å²) in [5, 5.41) is 6.09. The first-order valence-corrected chi connectivity index (χ1v) is 21.5. The first-order chi connectivity index (χ1) is 25.7. The lowest BCUT2D eigenvalue weighted by molar-refractivity contribution is -0.124. The number of guanidine groups is 1. The number of amidine groups is 1. The Kier molecular flexibility index (Phi) is 16.5. The molecule has 55 heavy (non-hydrogen) atoms. The lowest BCUT2D eigenvalue weighted by Crippen LogP contribution is -2.49. The molecular formula is C45H76N6O4. The number of aromatic amines is 1. The van der Waals surface area contributed by atoms with Gasteiger partial charge >= 0.3 is 5.97 Å². The molecule has 0 saturated heterocycles. The van der Waals surface area contributed by atoms with Crippen molar-refractivity contribution < 1.29 is 19.1 Å². The Labute approximate surface area is 333 Å². The van der Waals surface area contributed by atoms with Gasteiger partial charge in [0.2, 0.25) is 17.8 Å². The molecule has 1 aliphatic heterocycles. The summed E-state index contributed by atoms with van der Waals surface area (Å²) >= 11 is 0. The van der Waals surface area contributed by atoms with Crippen molar-refractivity contribution in [1.29, 1.82) is 0 Å². The number of nitrogens with one attached hydrogen (secondary N) is 3. The van der Waals surface area contributed by atoms with Gasteiger partial charge in [-0.25, -0.2) is 14.8 Å². The number of carbonyl (C=O) groups excluding carboxylic acids is 3. The molecule has 10 heteroatoms. The number of rotatable bonds is 16. The number of aromatic nitrogens is 1. The van der Waals surface area contributed by atoms with Gasteiger partial charge in [-0.05, 0) is 67.1 Å². The minimum atomic E-state index is -0.454. The fraction of sp³-hybridized carbons (Fsp3) is 0.778. The zero-order valence-corrected chi connectivity index (χ0v) is 37.2. The average Bonchev–Trinajstić information content (AvgIpc) is 3.65. The number of nitrogens with zero attached hydrogens (tertiary/aromatic N) is 3. The Hall–Kier alpha value is -3.30. The maximum absolute atomic E-state index is 14.9. The van der Waals surface area contributed by atoms with Crippen molar-refractivity contribution in [3.63, 3.8) is 0 Å². The molecular weight excluding hydrogens is 689 g/mol. The Morgan fingerprint density at radius 2 is 1.31 bits per heavy atom.